The van der Waals surface area contributed by atoms with Gasteiger partial charge in [0.2, 0.25) is 0 Å². The molecule has 1 heterocycles. The van der Waals surface area contributed by atoms with Gasteiger partial charge in [0.25, 0.3) is 0 Å². The van der Waals surface area contributed by atoms with E-state index in [0.717, 1.165) is 6.54 Å². The van der Waals surface area contributed by atoms with Crippen LogP contribution in [0.15, 0.2) is 11.6 Å². The van der Waals surface area contributed by atoms with E-state index in [1.54, 1.807) is 11.3 Å². The van der Waals surface area contributed by atoms with Gasteiger partial charge in [-0.1, -0.05) is 12.8 Å². The summed E-state index contributed by atoms with van der Waals surface area (Å²) in [6.45, 7) is 1.59. The Bertz CT molecular complexity index is 270. The molecule has 0 aromatic carbocycles. The van der Waals surface area contributed by atoms with Crippen LogP contribution in [0.4, 0.5) is 0 Å². The highest BCUT2D eigenvalue weighted by Crippen LogP contribution is 2.39. The highest BCUT2D eigenvalue weighted by atomic mass is 35.5. The second-order valence-corrected chi connectivity index (χ2v) is 4.74. The van der Waals surface area contributed by atoms with E-state index in [1.165, 1.54) is 30.7 Å². The number of nitrogens with zero attached hydrogens (tertiary/aromatic N) is 1. The summed E-state index contributed by atoms with van der Waals surface area (Å²) >= 11 is 1.76. The van der Waals surface area contributed by atoms with E-state index in [1.807, 2.05) is 6.20 Å². The molecule has 0 aliphatic heterocycles. The lowest BCUT2D eigenvalue weighted by Crippen LogP contribution is -2.42. The van der Waals surface area contributed by atoms with Crippen LogP contribution in [-0.2, 0) is 5.54 Å². The Hall–Kier alpha value is -0.160. The number of hydrogen-bond donors (Lipinski definition) is 2. The van der Waals surface area contributed by atoms with E-state index in [2.05, 4.69) is 15.7 Å². The van der Waals surface area contributed by atoms with E-state index >= 15 is 0 Å². The summed E-state index contributed by atoms with van der Waals surface area (Å²) in [5, 5.41) is 6.86. The van der Waals surface area contributed by atoms with Gasteiger partial charge < -0.3 is 11.1 Å². The van der Waals surface area contributed by atoms with Crippen molar-refractivity contribution >= 4 is 23.7 Å². The number of thiazole rings is 1. The predicted octanol–water partition coefficient (Wildman–Crippen LogP) is 1.88. The van der Waals surface area contributed by atoms with Crippen molar-refractivity contribution in [1.82, 2.24) is 10.3 Å². The smallest absolute Gasteiger partial charge is 0.113 e. The molecule has 1 saturated carbocycles. The largest absolute Gasteiger partial charge is 0.329 e. The molecule has 1 aromatic rings. The van der Waals surface area contributed by atoms with Gasteiger partial charge in [-0.25, -0.2) is 4.98 Å². The van der Waals surface area contributed by atoms with Gasteiger partial charge >= 0.3 is 0 Å². The van der Waals surface area contributed by atoms with E-state index in [-0.39, 0.29) is 17.9 Å². The molecular formula is C10H18ClN3S. The normalized spacial score (nSPS) is 18.7. The van der Waals surface area contributed by atoms with E-state index < -0.39 is 0 Å². The summed E-state index contributed by atoms with van der Waals surface area (Å²) in [5.41, 5.74) is 5.69. The monoisotopic (exact) mass is 247 g/mol. The lowest BCUT2D eigenvalue weighted by Gasteiger charge is -2.28. The molecule has 1 aromatic heterocycles. The molecule has 3 nitrogen and oxygen atoms in total. The van der Waals surface area contributed by atoms with Crippen molar-refractivity contribution in [3.8, 4) is 0 Å². The number of nitrogens with one attached hydrogen (secondary N) is 1. The quantitative estimate of drug-likeness (QED) is 0.854. The molecule has 3 N–H and O–H groups in total. The summed E-state index contributed by atoms with van der Waals surface area (Å²) in [7, 11) is 0. The van der Waals surface area contributed by atoms with Crippen molar-refractivity contribution in [1.29, 1.82) is 0 Å². The van der Waals surface area contributed by atoms with Gasteiger partial charge in [0.1, 0.15) is 5.01 Å². The standard InChI is InChI=1S/C10H17N3S.ClH/c11-5-6-13-10(3-1-2-4-10)9-12-7-8-14-9;/h7-8,13H,1-6,11H2;1H. The van der Waals surface area contributed by atoms with Gasteiger partial charge in [-0.15, -0.1) is 23.7 Å². The van der Waals surface area contributed by atoms with Crippen LogP contribution >= 0.6 is 23.7 Å². The number of rotatable bonds is 4. The van der Waals surface area contributed by atoms with E-state index in [0.29, 0.717) is 6.54 Å². The van der Waals surface area contributed by atoms with Crippen LogP contribution in [0.5, 0.6) is 0 Å². The molecule has 0 bridgehead atoms. The molecular weight excluding hydrogens is 230 g/mol. The maximum absolute atomic E-state index is 5.54. The summed E-state index contributed by atoms with van der Waals surface area (Å²) in [6, 6.07) is 0. The first-order valence-corrected chi connectivity index (χ1v) is 6.10. The zero-order valence-electron chi connectivity index (χ0n) is 8.74. The number of halogens is 1. The Kier molecular flexibility index (Phi) is 4.99. The van der Waals surface area contributed by atoms with Crippen LogP contribution in [0.2, 0.25) is 0 Å². The van der Waals surface area contributed by atoms with Gasteiger partial charge in [-0.2, -0.15) is 0 Å². The van der Waals surface area contributed by atoms with Crippen molar-refractivity contribution < 1.29 is 0 Å². The Balaban J connectivity index is 0.00000112. The fourth-order valence-corrected chi connectivity index (χ4v) is 3.09. The second kappa shape index (κ2) is 5.80. The van der Waals surface area contributed by atoms with E-state index in [9.17, 15) is 0 Å². The SMILES string of the molecule is Cl.NCCNC1(c2nccs2)CCCC1. The van der Waals surface area contributed by atoms with Crippen molar-refractivity contribution in [3.63, 3.8) is 0 Å². The molecule has 86 valence electrons. The Labute approximate surface area is 101 Å². The fraction of sp³-hybridized carbons (Fsp3) is 0.700. The molecule has 0 saturated heterocycles. The molecule has 1 fully saturated rings. The Morgan fingerprint density at radius 1 is 1.47 bits per heavy atom. The topological polar surface area (TPSA) is 50.9 Å². The lowest BCUT2D eigenvalue weighted by molar-refractivity contribution is 0.345. The van der Waals surface area contributed by atoms with E-state index in [4.69, 9.17) is 5.73 Å². The first-order valence-electron chi connectivity index (χ1n) is 5.22. The number of aromatic nitrogens is 1. The van der Waals surface area contributed by atoms with Crippen molar-refractivity contribution in [2.75, 3.05) is 13.1 Å². The van der Waals surface area contributed by atoms with Gasteiger partial charge in [-0.05, 0) is 12.8 Å². The first-order chi connectivity index (χ1) is 6.87. The molecule has 0 unspecified atom stereocenters. The molecule has 0 amide bonds. The maximum Gasteiger partial charge on any atom is 0.113 e. The third-order valence-corrected chi connectivity index (χ3v) is 3.88. The van der Waals surface area contributed by atoms with Crippen LogP contribution in [0.3, 0.4) is 0 Å². The average Bonchev–Trinajstić information content (AvgIpc) is 2.86. The third-order valence-electron chi connectivity index (χ3n) is 2.91. The van der Waals surface area contributed by atoms with Crippen LogP contribution < -0.4 is 11.1 Å². The predicted molar refractivity (Wildman–Crippen MR) is 66.6 cm³/mol. The summed E-state index contributed by atoms with van der Waals surface area (Å²) in [4.78, 5) is 4.44. The number of hydrogen-bond acceptors (Lipinski definition) is 4. The average molecular weight is 248 g/mol. The minimum absolute atomic E-state index is 0. The molecule has 2 rings (SSSR count). The second-order valence-electron chi connectivity index (χ2n) is 3.84. The minimum Gasteiger partial charge on any atom is -0.329 e. The summed E-state index contributed by atoms with van der Waals surface area (Å²) in [5.74, 6) is 0. The highest BCUT2D eigenvalue weighted by Gasteiger charge is 2.36. The third kappa shape index (κ3) is 2.69. The van der Waals surface area contributed by atoms with Crippen LogP contribution in [0.1, 0.15) is 30.7 Å². The molecule has 1 aliphatic carbocycles. The number of nitrogens with two attached hydrogens (primary N) is 1. The zero-order chi connectivity index (χ0) is 9.86. The zero-order valence-corrected chi connectivity index (χ0v) is 10.4. The molecule has 0 spiro atoms. The Morgan fingerprint density at radius 3 is 2.73 bits per heavy atom. The maximum atomic E-state index is 5.54. The molecule has 5 heteroatoms. The Morgan fingerprint density at radius 2 is 2.20 bits per heavy atom. The summed E-state index contributed by atoms with van der Waals surface area (Å²) in [6.07, 6.45) is 6.92. The molecule has 15 heavy (non-hydrogen) atoms. The lowest BCUT2D eigenvalue weighted by atomic mass is 9.98. The van der Waals surface area contributed by atoms with Crippen LogP contribution in [0, 0.1) is 0 Å². The van der Waals surface area contributed by atoms with Gasteiger partial charge in [0, 0.05) is 24.7 Å². The first kappa shape index (κ1) is 12.9. The fourth-order valence-electron chi connectivity index (χ4n) is 2.22. The highest BCUT2D eigenvalue weighted by molar-refractivity contribution is 7.09. The van der Waals surface area contributed by atoms with Crippen LogP contribution in [-0.4, -0.2) is 18.1 Å². The molecule has 0 atom stereocenters. The van der Waals surface area contributed by atoms with Gasteiger partial charge in [0.05, 0.1) is 5.54 Å². The molecule has 0 radical (unpaired) electrons. The molecule has 1 aliphatic rings. The van der Waals surface area contributed by atoms with Gasteiger partial charge in [-0.3, -0.25) is 0 Å². The summed E-state index contributed by atoms with van der Waals surface area (Å²) < 4.78 is 0. The van der Waals surface area contributed by atoms with Crippen molar-refractivity contribution in [2.24, 2.45) is 5.73 Å². The minimum atomic E-state index is 0. The van der Waals surface area contributed by atoms with Gasteiger partial charge in [0.15, 0.2) is 0 Å². The van der Waals surface area contributed by atoms with Crippen molar-refractivity contribution in [2.45, 2.75) is 31.2 Å². The van der Waals surface area contributed by atoms with Crippen LogP contribution in [0.25, 0.3) is 0 Å². The van der Waals surface area contributed by atoms with Crippen molar-refractivity contribution in [3.05, 3.63) is 16.6 Å².